The Hall–Kier alpha value is -3.51. The van der Waals surface area contributed by atoms with E-state index in [0.717, 1.165) is 12.2 Å². The largest absolute Gasteiger partial charge is 0.491 e. The number of unbranched alkanes of at least 4 members (excludes halogenated alkanes) is 6. The molecule has 0 unspecified atom stereocenters. The molecule has 0 heterocycles. The maximum absolute atomic E-state index is 12.3. The fraction of sp³-hybridized carbons (Fsp3) is 0.568. The van der Waals surface area contributed by atoms with Crippen molar-refractivity contribution in [1.82, 2.24) is 5.32 Å². The van der Waals surface area contributed by atoms with E-state index in [-0.39, 0.29) is 5.92 Å². The molecule has 1 N–H and O–H groups in total. The van der Waals surface area contributed by atoms with E-state index in [4.69, 9.17) is 37.9 Å². The van der Waals surface area contributed by atoms with Crippen molar-refractivity contribution in [1.29, 1.82) is 0 Å². The molecule has 1 aliphatic rings. The summed E-state index contributed by atoms with van der Waals surface area (Å²) in [5.41, 5.74) is 6.17. The zero-order valence-electron chi connectivity index (χ0n) is 32.4. The van der Waals surface area contributed by atoms with Crippen LogP contribution in [0.2, 0.25) is 0 Å². The van der Waals surface area contributed by atoms with Gasteiger partial charge in [-0.05, 0) is 52.8 Å². The van der Waals surface area contributed by atoms with E-state index in [2.05, 4.69) is 60.8 Å². The number of carbonyl (C=O) groups excluding carboxylic acids is 1. The number of benzene rings is 3. The van der Waals surface area contributed by atoms with Gasteiger partial charge < -0.3 is 43.2 Å². The lowest BCUT2D eigenvalue weighted by molar-refractivity contribution is -0.0176. The van der Waals surface area contributed by atoms with Crippen LogP contribution in [0.1, 0.15) is 74.5 Å². The third kappa shape index (κ3) is 17.3. The van der Waals surface area contributed by atoms with Gasteiger partial charge in [-0.3, -0.25) is 0 Å². The number of ether oxygens (including phenoxy) is 8. The van der Waals surface area contributed by atoms with Crippen LogP contribution in [0.25, 0.3) is 11.1 Å². The zero-order chi connectivity index (χ0) is 37.7. The van der Waals surface area contributed by atoms with Gasteiger partial charge in [0.25, 0.3) is 0 Å². The van der Waals surface area contributed by atoms with E-state index < -0.39 is 6.09 Å². The first-order chi connectivity index (χ1) is 26.8. The molecular formula is C44H63NO9. The predicted octanol–water partition coefficient (Wildman–Crippen LogP) is 8.00. The Bertz CT molecular complexity index is 1360. The lowest BCUT2D eigenvalue weighted by atomic mass is 9.98. The number of fused-ring (bicyclic) bond motifs is 3. The van der Waals surface area contributed by atoms with Gasteiger partial charge in [-0.1, -0.05) is 106 Å². The fourth-order valence-electron chi connectivity index (χ4n) is 6.33. The summed E-state index contributed by atoms with van der Waals surface area (Å²) in [7, 11) is 0. The van der Waals surface area contributed by atoms with Crippen molar-refractivity contribution < 1.29 is 42.7 Å². The van der Waals surface area contributed by atoms with Crippen LogP contribution in [0.3, 0.4) is 0 Å². The quantitative estimate of drug-likeness (QED) is 0.0637. The lowest BCUT2D eigenvalue weighted by Gasteiger charge is -2.14. The monoisotopic (exact) mass is 749 g/mol. The van der Waals surface area contributed by atoms with E-state index in [9.17, 15) is 4.79 Å². The SMILES string of the molecule is CCCCCCCCCc1ccc(OCCOCCOCCOCCOCCOCCOCCNC(=O)OCC2c3ccccc3-c3ccccc32)cc1. The number of alkyl carbamates (subject to hydrolysis) is 1. The minimum atomic E-state index is -0.446. The molecule has 4 rings (SSSR count). The highest BCUT2D eigenvalue weighted by atomic mass is 16.6. The van der Waals surface area contributed by atoms with E-state index >= 15 is 0 Å². The molecule has 0 radical (unpaired) electrons. The summed E-state index contributed by atoms with van der Waals surface area (Å²) in [6.07, 6.45) is 10.0. The molecule has 0 aromatic heterocycles. The molecule has 3 aromatic rings. The molecule has 1 amide bonds. The first-order valence-corrected chi connectivity index (χ1v) is 20.0. The molecule has 298 valence electrons. The summed E-state index contributed by atoms with van der Waals surface area (Å²) in [6.45, 7) is 9.22. The molecule has 10 heteroatoms. The van der Waals surface area contributed by atoms with Gasteiger partial charge in [0.15, 0.2) is 0 Å². The summed E-state index contributed by atoms with van der Waals surface area (Å²) >= 11 is 0. The van der Waals surface area contributed by atoms with Gasteiger partial charge in [0.2, 0.25) is 0 Å². The minimum Gasteiger partial charge on any atom is -0.491 e. The van der Waals surface area contributed by atoms with Crippen molar-refractivity contribution in [3.8, 4) is 16.9 Å². The first-order valence-electron chi connectivity index (χ1n) is 20.0. The van der Waals surface area contributed by atoms with E-state index in [1.807, 2.05) is 24.3 Å². The molecule has 0 bridgehead atoms. The summed E-state index contributed by atoms with van der Waals surface area (Å²) in [4.78, 5) is 12.3. The van der Waals surface area contributed by atoms with Gasteiger partial charge in [-0.2, -0.15) is 0 Å². The van der Waals surface area contributed by atoms with E-state index in [0.29, 0.717) is 99.0 Å². The zero-order valence-corrected chi connectivity index (χ0v) is 32.4. The van der Waals surface area contributed by atoms with Crippen LogP contribution in [0, 0.1) is 0 Å². The molecule has 0 saturated heterocycles. The Morgan fingerprint density at radius 3 is 1.54 bits per heavy atom. The Morgan fingerprint density at radius 1 is 0.537 bits per heavy atom. The highest BCUT2D eigenvalue weighted by Gasteiger charge is 2.28. The number of nitrogens with one attached hydrogen (secondary N) is 1. The maximum atomic E-state index is 12.3. The standard InChI is InChI=1S/C44H63NO9/c1-2-3-4-5-6-7-8-13-37-18-20-38(21-19-37)53-35-34-52-33-32-51-31-30-50-29-28-49-27-26-48-25-24-47-23-22-45-44(46)54-36-43-41-16-11-9-14-39(41)40-15-10-12-17-42(40)43/h9-12,14-21,43H,2-8,13,22-36H2,1H3,(H,45,46). The third-order valence-corrected chi connectivity index (χ3v) is 9.21. The van der Waals surface area contributed by atoms with Crippen molar-refractivity contribution in [2.24, 2.45) is 0 Å². The molecule has 10 nitrogen and oxygen atoms in total. The molecule has 3 aromatic carbocycles. The number of aryl methyl sites for hydroxylation is 1. The topological polar surface area (TPSA) is 103 Å². The Kier molecular flexibility index (Phi) is 22.4. The third-order valence-electron chi connectivity index (χ3n) is 9.21. The van der Waals surface area contributed by atoms with Crippen LogP contribution < -0.4 is 10.1 Å². The molecule has 0 fully saturated rings. The second kappa shape index (κ2) is 28.0. The van der Waals surface area contributed by atoms with Gasteiger partial charge in [0.05, 0.1) is 79.3 Å². The minimum absolute atomic E-state index is 0.0416. The van der Waals surface area contributed by atoms with Crippen molar-refractivity contribution in [3.63, 3.8) is 0 Å². The number of rotatable bonds is 32. The van der Waals surface area contributed by atoms with Crippen LogP contribution in [0.15, 0.2) is 72.8 Å². The smallest absolute Gasteiger partial charge is 0.407 e. The molecule has 0 spiro atoms. The molecule has 1 aliphatic carbocycles. The Morgan fingerprint density at radius 2 is 1.00 bits per heavy atom. The Balaban J connectivity index is 0.833. The predicted molar refractivity (Wildman–Crippen MR) is 212 cm³/mol. The molecule has 0 saturated carbocycles. The number of hydrogen-bond acceptors (Lipinski definition) is 9. The van der Waals surface area contributed by atoms with Gasteiger partial charge >= 0.3 is 6.09 Å². The van der Waals surface area contributed by atoms with Gasteiger partial charge in [0, 0.05) is 12.5 Å². The molecular weight excluding hydrogens is 686 g/mol. The second-order valence-corrected chi connectivity index (χ2v) is 13.3. The Labute approximate surface area is 323 Å². The van der Waals surface area contributed by atoms with Crippen LogP contribution in [-0.2, 0) is 39.6 Å². The molecule has 54 heavy (non-hydrogen) atoms. The van der Waals surface area contributed by atoms with Crippen LogP contribution >= 0.6 is 0 Å². The molecule has 0 atom stereocenters. The van der Waals surface area contributed by atoms with Crippen LogP contribution in [0.4, 0.5) is 4.79 Å². The second-order valence-electron chi connectivity index (χ2n) is 13.3. The van der Waals surface area contributed by atoms with Crippen molar-refractivity contribution in [2.75, 3.05) is 99.0 Å². The average Bonchev–Trinajstić information content (AvgIpc) is 3.52. The number of carbonyl (C=O) groups is 1. The summed E-state index contributed by atoms with van der Waals surface area (Å²) in [6, 6.07) is 25.0. The first kappa shape index (κ1) is 43.2. The average molecular weight is 750 g/mol. The van der Waals surface area contributed by atoms with Gasteiger partial charge in [-0.25, -0.2) is 4.79 Å². The summed E-state index contributed by atoms with van der Waals surface area (Å²) in [5, 5.41) is 2.75. The fourth-order valence-corrected chi connectivity index (χ4v) is 6.33. The number of amides is 1. The van der Waals surface area contributed by atoms with Gasteiger partial charge in [-0.15, -0.1) is 0 Å². The summed E-state index contributed by atoms with van der Waals surface area (Å²) < 4.78 is 44.6. The van der Waals surface area contributed by atoms with Crippen molar-refractivity contribution in [3.05, 3.63) is 89.5 Å². The lowest BCUT2D eigenvalue weighted by Crippen LogP contribution is -2.29. The van der Waals surface area contributed by atoms with E-state index in [1.165, 1.54) is 72.8 Å². The van der Waals surface area contributed by atoms with Crippen LogP contribution in [-0.4, -0.2) is 105 Å². The van der Waals surface area contributed by atoms with Crippen LogP contribution in [0.5, 0.6) is 5.75 Å². The maximum Gasteiger partial charge on any atom is 0.407 e. The molecule has 0 aliphatic heterocycles. The normalized spacial score (nSPS) is 12.1. The number of hydrogen-bond donors (Lipinski definition) is 1. The van der Waals surface area contributed by atoms with Crippen molar-refractivity contribution in [2.45, 2.75) is 64.2 Å². The van der Waals surface area contributed by atoms with Crippen molar-refractivity contribution >= 4 is 6.09 Å². The van der Waals surface area contributed by atoms with Gasteiger partial charge in [0.1, 0.15) is 19.0 Å². The highest BCUT2D eigenvalue weighted by Crippen LogP contribution is 2.44. The highest BCUT2D eigenvalue weighted by molar-refractivity contribution is 5.79. The summed E-state index contributed by atoms with van der Waals surface area (Å²) in [5.74, 6) is 0.924. The van der Waals surface area contributed by atoms with E-state index in [1.54, 1.807) is 0 Å².